The van der Waals surface area contributed by atoms with E-state index in [1.807, 2.05) is 25.4 Å². The van der Waals surface area contributed by atoms with E-state index in [0.717, 1.165) is 24.8 Å². The van der Waals surface area contributed by atoms with Gasteiger partial charge in [0.1, 0.15) is 0 Å². The van der Waals surface area contributed by atoms with E-state index in [2.05, 4.69) is 41.1 Å². The SMILES string of the molecule is C=CCCCC(NC)c1cccc2ncccc12. The fourth-order valence-corrected chi connectivity index (χ4v) is 2.35. The monoisotopic (exact) mass is 240 g/mol. The zero-order valence-corrected chi connectivity index (χ0v) is 10.9. The van der Waals surface area contributed by atoms with Crippen LogP contribution in [0.3, 0.4) is 0 Å². The normalized spacial score (nSPS) is 12.5. The Labute approximate surface area is 109 Å². The molecule has 2 heteroatoms. The summed E-state index contributed by atoms with van der Waals surface area (Å²) in [5.74, 6) is 0. The number of hydrogen-bond acceptors (Lipinski definition) is 2. The van der Waals surface area contributed by atoms with Gasteiger partial charge in [0, 0.05) is 17.6 Å². The molecule has 2 nitrogen and oxygen atoms in total. The minimum absolute atomic E-state index is 0.387. The van der Waals surface area contributed by atoms with E-state index < -0.39 is 0 Å². The highest BCUT2D eigenvalue weighted by atomic mass is 14.9. The second-order valence-electron chi connectivity index (χ2n) is 4.48. The topological polar surface area (TPSA) is 24.9 Å². The molecule has 0 aliphatic carbocycles. The Morgan fingerprint density at radius 1 is 1.33 bits per heavy atom. The number of benzene rings is 1. The van der Waals surface area contributed by atoms with Crippen LogP contribution in [0.15, 0.2) is 49.2 Å². The van der Waals surface area contributed by atoms with Crippen LogP contribution in [0.2, 0.25) is 0 Å². The molecule has 0 spiro atoms. The summed E-state index contributed by atoms with van der Waals surface area (Å²) >= 11 is 0. The van der Waals surface area contributed by atoms with Gasteiger partial charge in [-0.2, -0.15) is 0 Å². The van der Waals surface area contributed by atoms with Gasteiger partial charge in [-0.15, -0.1) is 6.58 Å². The van der Waals surface area contributed by atoms with E-state index in [1.165, 1.54) is 10.9 Å². The standard InChI is InChI=1S/C16H20N2/c1-3-4-5-10-15(17-2)13-8-6-11-16-14(13)9-7-12-18-16/h3,6-9,11-12,15,17H,1,4-5,10H2,2H3. The maximum absolute atomic E-state index is 4.41. The molecule has 1 atom stereocenters. The molecule has 1 aromatic carbocycles. The molecule has 1 heterocycles. The molecule has 2 aromatic rings. The van der Waals surface area contributed by atoms with Gasteiger partial charge in [-0.1, -0.05) is 24.3 Å². The van der Waals surface area contributed by atoms with Crippen molar-refractivity contribution in [3.8, 4) is 0 Å². The van der Waals surface area contributed by atoms with Crippen LogP contribution in [0.1, 0.15) is 30.9 Å². The van der Waals surface area contributed by atoms with Crippen LogP contribution in [0.25, 0.3) is 10.9 Å². The number of nitrogens with zero attached hydrogens (tertiary/aromatic N) is 1. The second-order valence-corrected chi connectivity index (χ2v) is 4.48. The summed E-state index contributed by atoms with van der Waals surface area (Å²) in [6.45, 7) is 3.78. The van der Waals surface area contributed by atoms with Crippen molar-refractivity contribution in [2.75, 3.05) is 7.05 Å². The van der Waals surface area contributed by atoms with E-state index in [9.17, 15) is 0 Å². The molecular weight excluding hydrogens is 220 g/mol. The molecule has 0 aliphatic rings. The van der Waals surface area contributed by atoms with Gasteiger partial charge >= 0.3 is 0 Å². The Bertz CT molecular complexity index is 514. The van der Waals surface area contributed by atoms with Gasteiger partial charge in [0.25, 0.3) is 0 Å². The molecule has 0 aliphatic heterocycles. The third kappa shape index (κ3) is 2.77. The van der Waals surface area contributed by atoms with Gasteiger partial charge in [-0.25, -0.2) is 0 Å². The van der Waals surface area contributed by atoms with Gasteiger partial charge in [-0.05, 0) is 44.0 Å². The molecule has 1 unspecified atom stereocenters. The van der Waals surface area contributed by atoms with Crippen molar-refractivity contribution in [3.05, 3.63) is 54.7 Å². The van der Waals surface area contributed by atoms with E-state index >= 15 is 0 Å². The van der Waals surface area contributed by atoms with E-state index in [4.69, 9.17) is 0 Å². The lowest BCUT2D eigenvalue weighted by Gasteiger charge is -2.18. The third-order valence-electron chi connectivity index (χ3n) is 3.30. The summed E-state index contributed by atoms with van der Waals surface area (Å²) in [6.07, 6.45) is 7.18. The number of allylic oxidation sites excluding steroid dienone is 1. The number of aromatic nitrogens is 1. The molecule has 0 saturated carbocycles. The Hall–Kier alpha value is -1.67. The Balaban J connectivity index is 2.29. The van der Waals surface area contributed by atoms with Crippen molar-refractivity contribution < 1.29 is 0 Å². The minimum atomic E-state index is 0.387. The predicted molar refractivity (Wildman–Crippen MR) is 77.6 cm³/mol. The van der Waals surface area contributed by atoms with Gasteiger partial charge in [0.15, 0.2) is 0 Å². The van der Waals surface area contributed by atoms with Gasteiger partial charge < -0.3 is 5.32 Å². The smallest absolute Gasteiger partial charge is 0.0705 e. The minimum Gasteiger partial charge on any atom is -0.313 e. The largest absolute Gasteiger partial charge is 0.313 e. The highest BCUT2D eigenvalue weighted by Gasteiger charge is 2.11. The fraction of sp³-hybridized carbons (Fsp3) is 0.312. The first-order valence-electron chi connectivity index (χ1n) is 6.48. The molecule has 0 fully saturated rings. The first kappa shape index (κ1) is 12.8. The average molecular weight is 240 g/mol. The van der Waals surface area contributed by atoms with Crippen molar-refractivity contribution in [3.63, 3.8) is 0 Å². The summed E-state index contributed by atoms with van der Waals surface area (Å²) < 4.78 is 0. The summed E-state index contributed by atoms with van der Waals surface area (Å²) in [7, 11) is 2.02. The van der Waals surface area contributed by atoms with Crippen LogP contribution in [0, 0.1) is 0 Å². The average Bonchev–Trinajstić information content (AvgIpc) is 2.43. The van der Waals surface area contributed by atoms with Gasteiger partial charge in [0.2, 0.25) is 0 Å². The Kier molecular flexibility index (Phi) is 4.48. The lowest BCUT2D eigenvalue weighted by atomic mass is 9.97. The second kappa shape index (κ2) is 6.31. The summed E-state index contributed by atoms with van der Waals surface area (Å²) in [6, 6.07) is 10.9. The van der Waals surface area contributed by atoms with Crippen molar-refractivity contribution in [1.82, 2.24) is 10.3 Å². The maximum Gasteiger partial charge on any atom is 0.0705 e. The molecule has 0 bridgehead atoms. The molecule has 1 aromatic heterocycles. The first-order valence-corrected chi connectivity index (χ1v) is 6.48. The van der Waals surface area contributed by atoms with Crippen LogP contribution in [-0.2, 0) is 0 Å². The number of pyridine rings is 1. The predicted octanol–water partition coefficient (Wildman–Crippen LogP) is 3.85. The van der Waals surface area contributed by atoms with Crippen molar-refractivity contribution in [1.29, 1.82) is 0 Å². The van der Waals surface area contributed by atoms with Crippen LogP contribution in [0.4, 0.5) is 0 Å². The third-order valence-corrected chi connectivity index (χ3v) is 3.30. The van der Waals surface area contributed by atoms with E-state index in [-0.39, 0.29) is 0 Å². The lowest BCUT2D eigenvalue weighted by Crippen LogP contribution is -2.16. The number of fused-ring (bicyclic) bond motifs is 1. The fourth-order valence-electron chi connectivity index (χ4n) is 2.35. The highest BCUT2D eigenvalue weighted by Crippen LogP contribution is 2.26. The molecule has 18 heavy (non-hydrogen) atoms. The number of nitrogens with one attached hydrogen (secondary N) is 1. The van der Waals surface area contributed by atoms with Crippen LogP contribution in [0.5, 0.6) is 0 Å². The summed E-state index contributed by atoms with van der Waals surface area (Å²) in [4.78, 5) is 4.41. The first-order chi connectivity index (χ1) is 8.86. The maximum atomic E-state index is 4.41. The Morgan fingerprint density at radius 2 is 2.22 bits per heavy atom. The number of rotatable bonds is 6. The van der Waals surface area contributed by atoms with E-state index in [1.54, 1.807) is 0 Å². The van der Waals surface area contributed by atoms with Gasteiger partial charge in [-0.3, -0.25) is 4.98 Å². The van der Waals surface area contributed by atoms with Crippen molar-refractivity contribution in [2.45, 2.75) is 25.3 Å². The Morgan fingerprint density at radius 3 is 3.00 bits per heavy atom. The zero-order chi connectivity index (χ0) is 12.8. The lowest BCUT2D eigenvalue weighted by molar-refractivity contribution is 0.533. The molecule has 94 valence electrons. The molecule has 0 radical (unpaired) electrons. The summed E-state index contributed by atoms with van der Waals surface area (Å²) in [5, 5.41) is 4.66. The van der Waals surface area contributed by atoms with Crippen LogP contribution in [-0.4, -0.2) is 12.0 Å². The molecular formula is C16H20N2. The molecule has 2 rings (SSSR count). The highest BCUT2D eigenvalue weighted by molar-refractivity contribution is 5.82. The van der Waals surface area contributed by atoms with E-state index in [0.29, 0.717) is 6.04 Å². The van der Waals surface area contributed by atoms with Crippen molar-refractivity contribution >= 4 is 10.9 Å². The number of unbranched alkanes of at least 4 members (excludes halogenated alkanes) is 1. The zero-order valence-electron chi connectivity index (χ0n) is 10.9. The molecule has 0 saturated heterocycles. The van der Waals surface area contributed by atoms with Gasteiger partial charge in [0.05, 0.1) is 5.52 Å². The molecule has 1 N–H and O–H groups in total. The summed E-state index contributed by atoms with van der Waals surface area (Å²) in [5.41, 5.74) is 2.41. The number of hydrogen-bond donors (Lipinski definition) is 1. The van der Waals surface area contributed by atoms with Crippen LogP contribution < -0.4 is 5.32 Å². The quantitative estimate of drug-likeness (QED) is 0.612. The van der Waals surface area contributed by atoms with Crippen LogP contribution >= 0.6 is 0 Å². The molecule has 0 amide bonds. The van der Waals surface area contributed by atoms with Crippen molar-refractivity contribution in [2.24, 2.45) is 0 Å².